The smallest absolute Gasteiger partial charge is 0.326 e. The SMILES string of the molecule is COc1cccc2[nH]c(C(=O)NC(CC3CCCCC3)C(=O)NC(C[C@@H]3CCNC3=O)C(=O)O)cc12. The maximum absolute atomic E-state index is 13.3. The molecule has 0 spiro atoms. The molecule has 1 aromatic heterocycles. The standard InChI is InChI=1S/C26H34N4O6/c1-36-22-9-5-8-18-17(22)14-20(28-18)25(33)29-19(12-15-6-3-2-4-7-15)24(32)30-21(26(34)35)13-16-10-11-27-23(16)31/h5,8-9,14-16,19,21,28H,2-4,6-7,10-13H2,1H3,(H,27,31)(H,29,33)(H,30,32)(H,34,35)/t16-,19?,21?/m0/s1. The lowest BCUT2D eigenvalue weighted by atomic mass is 9.84. The van der Waals surface area contributed by atoms with Gasteiger partial charge in [0.2, 0.25) is 11.8 Å². The van der Waals surface area contributed by atoms with Crippen molar-refractivity contribution in [2.24, 2.45) is 11.8 Å². The first-order valence-electron chi connectivity index (χ1n) is 12.6. The Morgan fingerprint density at radius 2 is 1.86 bits per heavy atom. The number of carbonyl (C=O) groups is 4. The number of methoxy groups -OCH3 is 1. The molecule has 1 aliphatic carbocycles. The van der Waals surface area contributed by atoms with Crippen molar-refractivity contribution in [3.8, 4) is 5.75 Å². The molecule has 1 aliphatic heterocycles. The van der Waals surface area contributed by atoms with Crippen molar-refractivity contribution in [2.75, 3.05) is 13.7 Å². The van der Waals surface area contributed by atoms with Gasteiger partial charge in [0.25, 0.3) is 5.91 Å². The summed E-state index contributed by atoms with van der Waals surface area (Å²) in [7, 11) is 1.56. The number of carboxylic acid groups (broad SMARTS) is 1. The fourth-order valence-corrected chi connectivity index (χ4v) is 5.30. The fourth-order valence-electron chi connectivity index (χ4n) is 5.30. The normalized spacial score (nSPS) is 19.9. The first-order valence-corrected chi connectivity index (χ1v) is 12.6. The lowest BCUT2D eigenvalue weighted by Gasteiger charge is -2.27. The van der Waals surface area contributed by atoms with Crippen LogP contribution in [0, 0.1) is 11.8 Å². The second-order valence-corrected chi connectivity index (χ2v) is 9.78. The second-order valence-electron chi connectivity index (χ2n) is 9.78. The topological polar surface area (TPSA) is 150 Å². The van der Waals surface area contributed by atoms with E-state index in [0.29, 0.717) is 25.1 Å². The molecule has 1 saturated carbocycles. The average molecular weight is 499 g/mol. The third-order valence-corrected chi connectivity index (χ3v) is 7.30. The quantitative estimate of drug-likeness (QED) is 0.339. The summed E-state index contributed by atoms with van der Waals surface area (Å²) in [6, 6.07) is 5.01. The largest absolute Gasteiger partial charge is 0.496 e. The van der Waals surface area contributed by atoms with Gasteiger partial charge < -0.3 is 30.8 Å². The van der Waals surface area contributed by atoms with E-state index in [1.165, 1.54) is 0 Å². The zero-order valence-electron chi connectivity index (χ0n) is 20.5. The van der Waals surface area contributed by atoms with Crippen molar-refractivity contribution in [2.45, 2.75) is 63.5 Å². The molecule has 1 saturated heterocycles. The number of carbonyl (C=O) groups excluding carboxylic acids is 3. The number of nitrogens with one attached hydrogen (secondary N) is 4. The van der Waals surface area contributed by atoms with Crippen LogP contribution in [0.15, 0.2) is 24.3 Å². The lowest BCUT2D eigenvalue weighted by molar-refractivity contribution is -0.143. The van der Waals surface area contributed by atoms with Gasteiger partial charge in [-0.2, -0.15) is 0 Å². The summed E-state index contributed by atoms with van der Waals surface area (Å²) in [5, 5.41) is 18.6. The summed E-state index contributed by atoms with van der Waals surface area (Å²) in [5.74, 6) is -1.97. The van der Waals surface area contributed by atoms with Crippen molar-refractivity contribution in [1.82, 2.24) is 20.9 Å². The first-order chi connectivity index (χ1) is 17.4. The molecule has 1 aromatic carbocycles. The molecule has 2 heterocycles. The minimum absolute atomic E-state index is 0.0127. The van der Waals surface area contributed by atoms with Crippen LogP contribution in [0.5, 0.6) is 5.75 Å². The van der Waals surface area contributed by atoms with E-state index in [1.807, 2.05) is 12.1 Å². The zero-order chi connectivity index (χ0) is 25.7. The minimum atomic E-state index is -1.21. The summed E-state index contributed by atoms with van der Waals surface area (Å²) < 4.78 is 5.37. The highest BCUT2D eigenvalue weighted by atomic mass is 16.5. The van der Waals surface area contributed by atoms with Crippen LogP contribution < -0.4 is 20.7 Å². The predicted molar refractivity (Wildman–Crippen MR) is 133 cm³/mol. The van der Waals surface area contributed by atoms with Gasteiger partial charge in [-0.3, -0.25) is 14.4 Å². The van der Waals surface area contributed by atoms with Crippen LogP contribution in [-0.2, 0) is 14.4 Å². The maximum atomic E-state index is 13.3. The Hall–Kier alpha value is -3.56. The number of hydrogen-bond acceptors (Lipinski definition) is 5. The molecule has 3 atom stereocenters. The van der Waals surface area contributed by atoms with Crippen LogP contribution in [0.25, 0.3) is 10.9 Å². The molecule has 10 nitrogen and oxygen atoms in total. The van der Waals surface area contributed by atoms with Gasteiger partial charge in [0.15, 0.2) is 0 Å². The van der Waals surface area contributed by atoms with Crippen LogP contribution in [0.1, 0.15) is 61.9 Å². The molecule has 4 rings (SSSR count). The number of hydrogen-bond donors (Lipinski definition) is 5. The van der Waals surface area contributed by atoms with Crippen molar-refractivity contribution >= 4 is 34.6 Å². The monoisotopic (exact) mass is 498 g/mol. The van der Waals surface area contributed by atoms with E-state index in [9.17, 15) is 24.3 Å². The Morgan fingerprint density at radius 1 is 1.08 bits per heavy atom. The Kier molecular flexibility index (Phi) is 8.12. The Morgan fingerprint density at radius 3 is 2.53 bits per heavy atom. The second kappa shape index (κ2) is 11.5. The summed E-state index contributed by atoms with van der Waals surface area (Å²) in [5.41, 5.74) is 1.02. The Bertz CT molecular complexity index is 1120. The van der Waals surface area contributed by atoms with Gasteiger partial charge in [0.1, 0.15) is 23.5 Å². The van der Waals surface area contributed by atoms with Crippen LogP contribution in [0.2, 0.25) is 0 Å². The van der Waals surface area contributed by atoms with Gasteiger partial charge in [0, 0.05) is 23.4 Å². The molecule has 2 fully saturated rings. The number of aromatic nitrogens is 1. The summed E-state index contributed by atoms with van der Waals surface area (Å²) in [6.07, 6.45) is 6.20. The van der Waals surface area contributed by atoms with E-state index < -0.39 is 35.8 Å². The molecule has 0 bridgehead atoms. The molecular formula is C26H34N4O6. The highest BCUT2D eigenvalue weighted by molar-refractivity contribution is 6.01. The van der Waals surface area contributed by atoms with Gasteiger partial charge >= 0.3 is 5.97 Å². The third kappa shape index (κ3) is 5.98. The number of aliphatic carboxylic acids is 1. The highest BCUT2D eigenvalue weighted by Crippen LogP contribution is 2.29. The number of fused-ring (bicyclic) bond motifs is 1. The van der Waals surface area contributed by atoms with E-state index in [1.54, 1.807) is 19.2 Å². The van der Waals surface area contributed by atoms with E-state index in [0.717, 1.165) is 43.0 Å². The average Bonchev–Trinajstić information content (AvgIpc) is 3.49. The molecule has 3 amide bonds. The molecular weight excluding hydrogens is 464 g/mol. The number of amides is 3. The van der Waals surface area contributed by atoms with Gasteiger partial charge in [-0.05, 0) is 43.4 Å². The molecule has 2 unspecified atom stereocenters. The molecule has 2 aliphatic rings. The number of aromatic amines is 1. The van der Waals surface area contributed by atoms with Crippen LogP contribution >= 0.6 is 0 Å². The molecule has 194 valence electrons. The number of H-pyrrole nitrogens is 1. The highest BCUT2D eigenvalue weighted by Gasteiger charge is 2.34. The van der Waals surface area contributed by atoms with Gasteiger partial charge in [0.05, 0.1) is 7.11 Å². The van der Waals surface area contributed by atoms with Crippen molar-refractivity contribution in [3.05, 3.63) is 30.0 Å². The zero-order valence-corrected chi connectivity index (χ0v) is 20.5. The van der Waals surface area contributed by atoms with Crippen LogP contribution in [-0.4, -0.2) is 59.5 Å². The maximum Gasteiger partial charge on any atom is 0.326 e. The van der Waals surface area contributed by atoms with E-state index in [-0.39, 0.29) is 23.9 Å². The third-order valence-electron chi connectivity index (χ3n) is 7.30. The number of benzene rings is 1. The van der Waals surface area contributed by atoms with Crippen LogP contribution in [0.4, 0.5) is 0 Å². The summed E-state index contributed by atoms with van der Waals surface area (Å²) >= 11 is 0. The van der Waals surface area contributed by atoms with E-state index >= 15 is 0 Å². The van der Waals surface area contributed by atoms with E-state index in [4.69, 9.17) is 4.74 Å². The Balaban J connectivity index is 1.50. The fraction of sp³-hybridized carbons (Fsp3) is 0.538. The van der Waals surface area contributed by atoms with Gasteiger partial charge in [-0.25, -0.2) is 4.79 Å². The molecule has 5 N–H and O–H groups in total. The molecule has 0 radical (unpaired) electrons. The van der Waals surface area contributed by atoms with Crippen LogP contribution in [0.3, 0.4) is 0 Å². The first kappa shape index (κ1) is 25.5. The van der Waals surface area contributed by atoms with Crippen molar-refractivity contribution in [3.63, 3.8) is 0 Å². The minimum Gasteiger partial charge on any atom is -0.496 e. The lowest BCUT2D eigenvalue weighted by Crippen LogP contribution is -2.53. The number of carboxylic acids is 1. The van der Waals surface area contributed by atoms with Crippen molar-refractivity contribution in [1.29, 1.82) is 0 Å². The number of ether oxygens (including phenoxy) is 1. The molecule has 36 heavy (non-hydrogen) atoms. The number of rotatable bonds is 10. The predicted octanol–water partition coefficient (Wildman–Crippen LogP) is 2.34. The molecule has 2 aromatic rings. The van der Waals surface area contributed by atoms with E-state index in [2.05, 4.69) is 20.9 Å². The van der Waals surface area contributed by atoms with Crippen molar-refractivity contribution < 1.29 is 29.0 Å². The van der Waals surface area contributed by atoms with Gasteiger partial charge in [-0.1, -0.05) is 38.2 Å². The van der Waals surface area contributed by atoms with Gasteiger partial charge in [-0.15, -0.1) is 0 Å². The summed E-state index contributed by atoms with van der Waals surface area (Å²) in [4.78, 5) is 53.4. The summed E-state index contributed by atoms with van der Waals surface area (Å²) in [6.45, 7) is 0.499. The Labute approximate surface area is 209 Å². The molecule has 10 heteroatoms.